The maximum atomic E-state index is 12.1. The fraction of sp³-hybridized carbons (Fsp3) is 0.556. The van der Waals surface area contributed by atoms with Crippen LogP contribution in [0.4, 0.5) is 4.79 Å². The van der Waals surface area contributed by atoms with Crippen molar-refractivity contribution in [2.24, 2.45) is 0 Å². The molecule has 0 spiro atoms. The molecule has 1 heterocycles. The van der Waals surface area contributed by atoms with Gasteiger partial charge in [0.15, 0.2) is 0 Å². The van der Waals surface area contributed by atoms with E-state index in [2.05, 4.69) is 24.5 Å². The number of alkyl carbamates (subject to hydrolysis) is 1. The molecule has 1 amide bonds. The zero-order valence-corrected chi connectivity index (χ0v) is 15.6. The van der Waals surface area contributed by atoms with Crippen LogP contribution in [0.2, 0.25) is 0 Å². The summed E-state index contributed by atoms with van der Waals surface area (Å²) in [6.45, 7) is 11.3. The van der Waals surface area contributed by atoms with Gasteiger partial charge in [0.25, 0.3) is 0 Å². The fourth-order valence-electron chi connectivity index (χ4n) is 2.23. The highest BCUT2D eigenvalue weighted by molar-refractivity contribution is 7.81. The second-order valence-electron chi connectivity index (χ2n) is 6.73. The predicted molar refractivity (Wildman–Crippen MR) is 98.1 cm³/mol. The zero-order valence-electron chi connectivity index (χ0n) is 14.7. The van der Waals surface area contributed by atoms with E-state index < -0.39 is 29.1 Å². The highest BCUT2D eigenvalue weighted by Crippen LogP contribution is 2.25. The number of hydrogen-bond donors (Lipinski definition) is 2. The molecule has 0 aromatic rings. The Balaban J connectivity index is 2.78. The Labute approximate surface area is 149 Å². The number of carbonyl (C=O) groups excluding carboxylic acids is 2. The lowest BCUT2D eigenvalue weighted by molar-refractivity contribution is -0.142. The Morgan fingerprint density at radius 3 is 2.67 bits per heavy atom. The van der Waals surface area contributed by atoms with E-state index in [0.29, 0.717) is 12.8 Å². The van der Waals surface area contributed by atoms with Crippen LogP contribution in [0.25, 0.3) is 0 Å². The molecule has 5 nitrogen and oxygen atoms in total. The number of hydrogen-bond acceptors (Lipinski definition) is 5. The summed E-state index contributed by atoms with van der Waals surface area (Å²) in [6.07, 6.45) is 7.43. The van der Waals surface area contributed by atoms with Gasteiger partial charge in [0.2, 0.25) is 0 Å². The number of rotatable bonds is 6. The minimum Gasteiger partial charge on any atom is -0.459 e. The maximum Gasteiger partial charge on any atom is 0.408 e. The monoisotopic (exact) mass is 353 g/mol. The lowest BCUT2D eigenvalue weighted by atomic mass is 10.00. The third kappa shape index (κ3) is 7.25. The molecule has 1 rings (SSSR count). The van der Waals surface area contributed by atoms with Crippen LogP contribution >= 0.6 is 12.6 Å². The minimum absolute atomic E-state index is 0.366. The van der Waals surface area contributed by atoms with E-state index in [4.69, 9.17) is 9.47 Å². The average Bonchev–Trinajstić information content (AvgIpc) is 2.76. The molecular formula is C18H27NO4S. The molecule has 24 heavy (non-hydrogen) atoms. The summed E-state index contributed by atoms with van der Waals surface area (Å²) in [5.74, 6) is -0.366. The van der Waals surface area contributed by atoms with Crippen molar-refractivity contribution in [3.05, 3.63) is 36.5 Å². The first-order chi connectivity index (χ1) is 11.1. The van der Waals surface area contributed by atoms with Crippen molar-refractivity contribution < 1.29 is 19.1 Å². The summed E-state index contributed by atoms with van der Waals surface area (Å²) in [5.41, 5.74) is 0.212. The molecule has 1 N–H and O–H groups in total. The SMILES string of the molecule is C=C(/C=C\C=C/C)CC(NC(=O)OC(C)(C)C)C1CC(S)C(=O)O1. The highest BCUT2D eigenvalue weighted by Gasteiger charge is 2.38. The average molecular weight is 353 g/mol. The summed E-state index contributed by atoms with van der Waals surface area (Å²) in [6, 6.07) is -0.413. The second kappa shape index (κ2) is 8.97. The Bertz CT molecular complexity index is 534. The summed E-state index contributed by atoms with van der Waals surface area (Å²) < 4.78 is 10.6. The molecule has 0 aromatic carbocycles. The zero-order chi connectivity index (χ0) is 18.3. The Morgan fingerprint density at radius 2 is 2.17 bits per heavy atom. The third-order valence-electron chi connectivity index (χ3n) is 3.26. The number of allylic oxidation sites excluding steroid dienone is 4. The summed E-state index contributed by atoms with van der Waals surface area (Å²) in [5, 5.41) is 2.33. The first-order valence-electron chi connectivity index (χ1n) is 7.97. The standard InChI is InChI=1S/C18H27NO4S/c1-6-7-8-9-12(2)10-13(14-11-15(24)16(20)22-14)19-17(21)23-18(3,4)5/h6-9,13-15,24H,2,10-11H2,1,3-5H3,(H,19,21)/b7-6-,9-8-. The van der Waals surface area contributed by atoms with Crippen LogP contribution in [0.5, 0.6) is 0 Å². The van der Waals surface area contributed by atoms with Crippen molar-refractivity contribution in [1.82, 2.24) is 5.32 Å². The first kappa shape index (κ1) is 20.4. The van der Waals surface area contributed by atoms with Crippen LogP contribution in [0.3, 0.4) is 0 Å². The number of nitrogens with one attached hydrogen (secondary N) is 1. The fourth-order valence-corrected chi connectivity index (χ4v) is 2.49. The lowest BCUT2D eigenvalue weighted by Crippen LogP contribution is -2.45. The molecule has 3 unspecified atom stereocenters. The van der Waals surface area contributed by atoms with Crippen LogP contribution < -0.4 is 5.32 Å². The molecule has 0 aromatic heterocycles. The van der Waals surface area contributed by atoms with Crippen molar-refractivity contribution >= 4 is 24.7 Å². The van der Waals surface area contributed by atoms with Crippen LogP contribution in [0.15, 0.2) is 36.5 Å². The van der Waals surface area contributed by atoms with E-state index in [1.54, 1.807) is 20.8 Å². The van der Waals surface area contributed by atoms with E-state index in [9.17, 15) is 9.59 Å². The van der Waals surface area contributed by atoms with E-state index in [-0.39, 0.29) is 5.97 Å². The molecule has 1 fully saturated rings. The van der Waals surface area contributed by atoms with Gasteiger partial charge in [-0.05, 0) is 34.1 Å². The maximum absolute atomic E-state index is 12.1. The Morgan fingerprint density at radius 1 is 1.50 bits per heavy atom. The van der Waals surface area contributed by atoms with Crippen LogP contribution in [0.1, 0.15) is 40.5 Å². The summed E-state index contributed by atoms with van der Waals surface area (Å²) in [7, 11) is 0. The molecule has 0 radical (unpaired) electrons. The number of cyclic esters (lactones) is 1. The molecule has 1 aliphatic rings. The number of ether oxygens (including phenoxy) is 2. The van der Waals surface area contributed by atoms with Gasteiger partial charge in [-0.1, -0.05) is 36.5 Å². The Kier molecular flexibility index (Phi) is 7.60. The van der Waals surface area contributed by atoms with Gasteiger partial charge in [-0.25, -0.2) is 4.79 Å². The van der Waals surface area contributed by atoms with Crippen molar-refractivity contribution in [2.45, 2.75) is 63.5 Å². The molecule has 0 bridgehead atoms. The van der Waals surface area contributed by atoms with Gasteiger partial charge < -0.3 is 14.8 Å². The molecule has 134 valence electrons. The third-order valence-corrected chi connectivity index (χ3v) is 3.69. The van der Waals surface area contributed by atoms with Gasteiger partial charge in [0.1, 0.15) is 17.0 Å². The number of thiol groups is 1. The van der Waals surface area contributed by atoms with Gasteiger partial charge in [0.05, 0.1) is 6.04 Å². The van der Waals surface area contributed by atoms with Crippen LogP contribution in [-0.4, -0.2) is 35.1 Å². The summed E-state index contributed by atoms with van der Waals surface area (Å²) >= 11 is 4.20. The molecule has 0 saturated carbocycles. The smallest absolute Gasteiger partial charge is 0.408 e. The quantitative estimate of drug-likeness (QED) is 0.435. The lowest BCUT2D eigenvalue weighted by Gasteiger charge is -2.26. The van der Waals surface area contributed by atoms with Gasteiger partial charge >= 0.3 is 12.1 Å². The van der Waals surface area contributed by atoms with Gasteiger partial charge in [0, 0.05) is 6.42 Å². The van der Waals surface area contributed by atoms with E-state index in [1.165, 1.54) is 0 Å². The van der Waals surface area contributed by atoms with E-state index in [1.807, 2.05) is 31.2 Å². The van der Waals surface area contributed by atoms with Gasteiger partial charge in [-0.2, -0.15) is 12.6 Å². The predicted octanol–water partition coefficient (Wildman–Crippen LogP) is 3.57. The van der Waals surface area contributed by atoms with Crippen LogP contribution in [-0.2, 0) is 14.3 Å². The van der Waals surface area contributed by atoms with Crippen molar-refractivity contribution in [1.29, 1.82) is 0 Å². The topological polar surface area (TPSA) is 64.6 Å². The van der Waals surface area contributed by atoms with E-state index >= 15 is 0 Å². The van der Waals surface area contributed by atoms with E-state index in [0.717, 1.165) is 5.57 Å². The molecule has 0 aliphatic carbocycles. The van der Waals surface area contributed by atoms with Gasteiger partial charge in [-0.3, -0.25) is 4.79 Å². The Hall–Kier alpha value is -1.69. The van der Waals surface area contributed by atoms with Crippen molar-refractivity contribution in [3.63, 3.8) is 0 Å². The minimum atomic E-state index is -0.601. The van der Waals surface area contributed by atoms with Gasteiger partial charge in [-0.15, -0.1) is 0 Å². The van der Waals surface area contributed by atoms with Crippen LogP contribution in [0, 0.1) is 0 Å². The van der Waals surface area contributed by atoms with Crippen molar-refractivity contribution in [3.8, 4) is 0 Å². The normalized spacial score (nSPS) is 22.6. The summed E-state index contributed by atoms with van der Waals surface area (Å²) in [4.78, 5) is 23.7. The van der Waals surface area contributed by atoms with Crippen molar-refractivity contribution in [2.75, 3.05) is 0 Å². The second-order valence-corrected chi connectivity index (χ2v) is 7.35. The molecule has 3 atom stereocenters. The first-order valence-corrected chi connectivity index (χ1v) is 8.49. The largest absolute Gasteiger partial charge is 0.459 e. The number of esters is 1. The molecular weight excluding hydrogens is 326 g/mol. The molecule has 1 saturated heterocycles. The molecule has 6 heteroatoms. The highest BCUT2D eigenvalue weighted by atomic mass is 32.1. The number of carbonyl (C=O) groups is 2. The number of amides is 1. The molecule has 1 aliphatic heterocycles.